The molecule has 0 saturated heterocycles. The highest BCUT2D eigenvalue weighted by atomic mass is 16.3. The van der Waals surface area contributed by atoms with Crippen molar-refractivity contribution in [3.05, 3.63) is 23.3 Å². The van der Waals surface area contributed by atoms with Gasteiger partial charge in [-0.15, -0.1) is 0 Å². The van der Waals surface area contributed by atoms with E-state index in [1.165, 1.54) is 17.6 Å². The zero-order valence-electron chi connectivity index (χ0n) is 22.8. The molecule has 2 saturated carbocycles. The van der Waals surface area contributed by atoms with Crippen LogP contribution >= 0.6 is 0 Å². The molecule has 3 nitrogen and oxygen atoms in total. The largest absolute Gasteiger partial charge is 0.393 e. The summed E-state index contributed by atoms with van der Waals surface area (Å²) in [7, 11) is 0. The molecule has 0 heterocycles. The van der Waals surface area contributed by atoms with Gasteiger partial charge in [0, 0.05) is 23.3 Å². The predicted molar refractivity (Wildman–Crippen MR) is 138 cm³/mol. The van der Waals surface area contributed by atoms with Crippen LogP contribution < -0.4 is 0 Å². The second kappa shape index (κ2) is 8.43. The molecule has 0 aliphatic heterocycles. The SMILES string of the molecule is C=C(CC[C@@H](C)[C@H]1CC[C@@]2(C)C3=C(CC[C@]12C)[C@@]1(C)CC[C@H](O)C(C)(C)C1CC3=O)C(C)C=O. The van der Waals surface area contributed by atoms with Crippen molar-refractivity contribution in [2.24, 2.45) is 45.3 Å². The van der Waals surface area contributed by atoms with Crippen molar-refractivity contribution in [3.63, 3.8) is 0 Å². The Kier molecular flexibility index (Phi) is 6.41. The van der Waals surface area contributed by atoms with E-state index >= 15 is 0 Å². The first-order valence-corrected chi connectivity index (χ1v) is 13.8. The van der Waals surface area contributed by atoms with Gasteiger partial charge >= 0.3 is 0 Å². The molecule has 34 heavy (non-hydrogen) atoms. The molecule has 0 aromatic carbocycles. The van der Waals surface area contributed by atoms with Crippen molar-refractivity contribution in [2.45, 2.75) is 112 Å². The topological polar surface area (TPSA) is 54.4 Å². The van der Waals surface area contributed by atoms with E-state index in [0.29, 0.717) is 24.0 Å². The van der Waals surface area contributed by atoms with Gasteiger partial charge in [-0.2, -0.15) is 0 Å². The van der Waals surface area contributed by atoms with Gasteiger partial charge in [0.05, 0.1) is 6.10 Å². The van der Waals surface area contributed by atoms with Crippen LogP contribution in [-0.4, -0.2) is 23.3 Å². The average molecular weight is 469 g/mol. The van der Waals surface area contributed by atoms with E-state index in [0.717, 1.165) is 56.8 Å². The fraction of sp³-hybridized carbons (Fsp3) is 0.806. The Labute approximate surface area is 207 Å². The molecule has 0 aromatic rings. The lowest BCUT2D eigenvalue weighted by atomic mass is 9.43. The molecule has 3 heteroatoms. The van der Waals surface area contributed by atoms with Crippen LogP contribution in [0.4, 0.5) is 0 Å². The summed E-state index contributed by atoms with van der Waals surface area (Å²) in [6.45, 7) is 20.1. The van der Waals surface area contributed by atoms with Gasteiger partial charge in [-0.3, -0.25) is 4.79 Å². The van der Waals surface area contributed by atoms with Crippen molar-refractivity contribution in [1.29, 1.82) is 0 Å². The number of carbonyl (C=O) groups is 2. The number of carbonyl (C=O) groups excluding carboxylic acids is 2. The summed E-state index contributed by atoms with van der Waals surface area (Å²) in [5, 5.41) is 10.8. The van der Waals surface area contributed by atoms with Crippen LogP contribution in [0.15, 0.2) is 23.3 Å². The van der Waals surface area contributed by atoms with Gasteiger partial charge < -0.3 is 9.90 Å². The van der Waals surface area contributed by atoms with Crippen LogP contribution in [0.3, 0.4) is 0 Å². The highest BCUT2D eigenvalue weighted by molar-refractivity contribution is 5.99. The van der Waals surface area contributed by atoms with Crippen LogP contribution in [0, 0.1) is 45.3 Å². The molecule has 0 bridgehead atoms. The molecule has 0 amide bonds. The van der Waals surface area contributed by atoms with Crippen molar-refractivity contribution in [2.75, 3.05) is 0 Å². The minimum atomic E-state index is -0.321. The molecule has 1 N–H and O–H groups in total. The van der Waals surface area contributed by atoms with Crippen LogP contribution in [0.5, 0.6) is 0 Å². The Bertz CT molecular complexity index is 912. The summed E-state index contributed by atoms with van der Waals surface area (Å²) in [5.41, 5.74) is 3.57. The molecule has 4 rings (SSSR count). The fourth-order valence-corrected chi connectivity index (χ4v) is 9.24. The molecule has 0 aromatic heterocycles. The summed E-state index contributed by atoms with van der Waals surface area (Å²) < 4.78 is 0. The molecular formula is C31H48O3. The number of fused-ring (bicyclic) bond motifs is 4. The maximum absolute atomic E-state index is 13.9. The standard InChI is InChI=1S/C31H48O3/c1-19(21(3)18-32)9-10-20(2)22-11-16-31(8)27-23(12-15-30(22,31)7)29(6)14-13-26(34)28(4,5)25(29)17-24(27)33/h18,20-22,25-26,34H,1,9-17H2,2-8H3/t20-,21?,22-,25?,26+,29-,30-,31+/m1/s1. The number of allylic oxidation sites excluding steroid dienone is 3. The third kappa shape index (κ3) is 3.46. The molecular weight excluding hydrogens is 420 g/mol. The van der Waals surface area contributed by atoms with Crippen molar-refractivity contribution < 1.29 is 14.7 Å². The number of hydrogen-bond acceptors (Lipinski definition) is 3. The van der Waals surface area contributed by atoms with Gasteiger partial charge in [-0.1, -0.05) is 66.2 Å². The number of aliphatic hydroxyl groups is 1. The van der Waals surface area contributed by atoms with E-state index in [1.54, 1.807) is 0 Å². The van der Waals surface area contributed by atoms with Crippen LogP contribution in [0.2, 0.25) is 0 Å². The number of Topliss-reactive ketones (excluding diaryl/α,β-unsaturated/α-hetero) is 1. The van der Waals surface area contributed by atoms with E-state index < -0.39 is 0 Å². The molecule has 2 fully saturated rings. The summed E-state index contributed by atoms with van der Waals surface area (Å²) in [6, 6.07) is 0. The molecule has 4 aliphatic carbocycles. The summed E-state index contributed by atoms with van der Waals surface area (Å²) >= 11 is 0. The van der Waals surface area contributed by atoms with E-state index in [9.17, 15) is 14.7 Å². The Hall–Kier alpha value is -1.22. The molecule has 0 radical (unpaired) electrons. The molecule has 4 aliphatic rings. The summed E-state index contributed by atoms with van der Waals surface area (Å²) in [6.07, 6.45) is 9.55. The van der Waals surface area contributed by atoms with E-state index in [1.807, 2.05) is 6.92 Å². The maximum Gasteiger partial charge on any atom is 0.159 e. The molecule has 8 atom stereocenters. The average Bonchev–Trinajstić information content (AvgIpc) is 3.07. The first-order chi connectivity index (χ1) is 15.7. The third-order valence-electron chi connectivity index (χ3n) is 12.1. The van der Waals surface area contributed by atoms with Crippen molar-refractivity contribution in [1.82, 2.24) is 0 Å². The quantitative estimate of drug-likeness (QED) is 0.335. The Morgan fingerprint density at radius 3 is 2.44 bits per heavy atom. The molecule has 190 valence electrons. The van der Waals surface area contributed by atoms with Crippen LogP contribution in [0.1, 0.15) is 106 Å². The zero-order chi connectivity index (χ0) is 25.3. The first-order valence-electron chi connectivity index (χ1n) is 13.8. The molecule has 2 unspecified atom stereocenters. The highest BCUT2D eigenvalue weighted by Gasteiger charge is 2.65. The summed E-state index contributed by atoms with van der Waals surface area (Å²) in [4.78, 5) is 25.1. The lowest BCUT2D eigenvalue weighted by Gasteiger charge is -2.61. The van der Waals surface area contributed by atoms with Gasteiger partial charge in [0.1, 0.15) is 6.29 Å². The summed E-state index contributed by atoms with van der Waals surface area (Å²) in [5.74, 6) is 1.68. The normalized spacial score (nSPS) is 42.9. The molecule has 0 spiro atoms. The van der Waals surface area contributed by atoms with E-state index in [2.05, 4.69) is 48.1 Å². The van der Waals surface area contributed by atoms with Gasteiger partial charge in [0.25, 0.3) is 0 Å². The lowest BCUT2D eigenvalue weighted by Crippen LogP contribution is -2.57. The zero-order valence-corrected chi connectivity index (χ0v) is 22.8. The second-order valence-electron chi connectivity index (χ2n) is 13.8. The monoisotopic (exact) mass is 468 g/mol. The lowest BCUT2D eigenvalue weighted by molar-refractivity contribution is -0.134. The number of aldehydes is 1. The fourth-order valence-electron chi connectivity index (χ4n) is 9.24. The number of ketones is 1. The van der Waals surface area contributed by atoms with Crippen molar-refractivity contribution >= 4 is 12.1 Å². The Balaban J connectivity index is 1.65. The third-order valence-corrected chi connectivity index (χ3v) is 12.1. The van der Waals surface area contributed by atoms with E-state index in [-0.39, 0.29) is 39.6 Å². The minimum absolute atomic E-state index is 0.0305. The Morgan fingerprint density at radius 2 is 1.79 bits per heavy atom. The maximum atomic E-state index is 13.9. The predicted octanol–water partition coefficient (Wildman–Crippen LogP) is 7.08. The smallest absolute Gasteiger partial charge is 0.159 e. The van der Waals surface area contributed by atoms with Gasteiger partial charge in [0.2, 0.25) is 0 Å². The van der Waals surface area contributed by atoms with Crippen LogP contribution in [-0.2, 0) is 9.59 Å². The number of hydrogen-bond donors (Lipinski definition) is 1. The van der Waals surface area contributed by atoms with Gasteiger partial charge in [0.15, 0.2) is 5.78 Å². The van der Waals surface area contributed by atoms with E-state index in [4.69, 9.17) is 0 Å². The number of rotatable bonds is 6. The number of aliphatic hydroxyl groups excluding tert-OH is 1. The van der Waals surface area contributed by atoms with Gasteiger partial charge in [-0.25, -0.2) is 0 Å². The second-order valence-corrected chi connectivity index (χ2v) is 13.8. The van der Waals surface area contributed by atoms with Gasteiger partial charge in [-0.05, 0) is 85.4 Å². The highest BCUT2D eigenvalue weighted by Crippen LogP contribution is 2.71. The first kappa shape index (κ1) is 25.9. The van der Waals surface area contributed by atoms with Crippen LogP contribution in [0.25, 0.3) is 0 Å². The van der Waals surface area contributed by atoms with Crippen molar-refractivity contribution in [3.8, 4) is 0 Å². The Morgan fingerprint density at radius 1 is 1.12 bits per heavy atom. The minimum Gasteiger partial charge on any atom is -0.393 e.